The third-order valence-corrected chi connectivity index (χ3v) is 1.97. The topological polar surface area (TPSA) is 70.1 Å². The number of nitrogens with one attached hydrogen (secondary N) is 2. The number of alkyl halides is 2. The fourth-order valence-electron chi connectivity index (χ4n) is 1.08. The Morgan fingerprint density at radius 3 is 2.82 bits per heavy atom. The molecule has 0 fully saturated rings. The molecule has 0 radical (unpaired) electrons. The van der Waals surface area contributed by atoms with Crippen molar-refractivity contribution < 1.29 is 13.9 Å². The van der Waals surface area contributed by atoms with E-state index in [9.17, 15) is 8.78 Å². The van der Waals surface area contributed by atoms with Crippen molar-refractivity contribution in [3.63, 3.8) is 0 Å². The molecule has 1 rings (SSSR count). The number of rotatable bonds is 7. The second-order valence-corrected chi connectivity index (χ2v) is 3.47. The number of aliphatic hydroxyl groups excluding tert-OH is 1. The highest BCUT2D eigenvalue weighted by Crippen LogP contribution is 2.07. The number of aromatic nitrogens is 2. The zero-order valence-electron chi connectivity index (χ0n) is 9.53. The summed E-state index contributed by atoms with van der Waals surface area (Å²) in [5, 5.41) is 14.5. The van der Waals surface area contributed by atoms with E-state index in [-0.39, 0.29) is 6.54 Å². The van der Waals surface area contributed by atoms with Crippen LogP contribution in [0.25, 0.3) is 0 Å². The maximum absolute atomic E-state index is 12.0. The van der Waals surface area contributed by atoms with Gasteiger partial charge in [0.25, 0.3) is 6.43 Å². The quantitative estimate of drug-likeness (QED) is 0.677. The second kappa shape index (κ2) is 6.95. The largest absolute Gasteiger partial charge is 0.385 e. The van der Waals surface area contributed by atoms with Gasteiger partial charge in [-0.3, -0.25) is 0 Å². The minimum Gasteiger partial charge on any atom is -0.385 e. The zero-order chi connectivity index (χ0) is 12.7. The van der Waals surface area contributed by atoms with Crippen molar-refractivity contribution in [3.05, 3.63) is 12.3 Å². The summed E-state index contributed by atoms with van der Waals surface area (Å²) < 4.78 is 24.1. The Labute approximate surface area is 98.3 Å². The van der Waals surface area contributed by atoms with Crippen molar-refractivity contribution >= 4 is 11.8 Å². The third-order valence-electron chi connectivity index (χ3n) is 1.97. The summed E-state index contributed by atoms with van der Waals surface area (Å²) in [4.78, 5) is 8.02. The molecule has 7 heteroatoms. The molecule has 1 atom stereocenters. The third kappa shape index (κ3) is 4.90. The van der Waals surface area contributed by atoms with Gasteiger partial charge in [-0.25, -0.2) is 13.8 Å². The summed E-state index contributed by atoms with van der Waals surface area (Å²) in [5.41, 5.74) is 0. The van der Waals surface area contributed by atoms with Crippen LogP contribution in [0.15, 0.2) is 12.3 Å². The standard InChI is InChI=1S/C10H16F2N4O/c1-2-4-13-10-14-5-3-8(16-10)15-6-7(17)9(11)12/h3,5,7,9,17H,2,4,6H2,1H3,(H2,13,14,15,16). The average molecular weight is 246 g/mol. The van der Waals surface area contributed by atoms with Crippen LogP contribution in [0, 0.1) is 0 Å². The Morgan fingerprint density at radius 1 is 1.41 bits per heavy atom. The van der Waals surface area contributed by atoms with Crippen molar-refractivity contribution in [1.29, 1.82) is 0 Å². The van der Waals surface area contributed by atoms with Gasteiger partial charge in [-0.05, 0) is 12.5 Å². The first-order valence-electron chi connectivity index (χ1n) is 5.40. The number of anilines is 2. The van der Waals surface area contributed by atoms with Gasteiger partial charge in [0.05, 0.1) is 0 Å². The summed E-state index contributed by atoms with van der Waals surface area (Å²) in [6, 6.07) is 1.55. The first kappa shape index (κ1) is 13.6. The second-order valence-electron chi connectivity index (χ2n) is 3.47. The maximum Gasteiger partial charge on any atom is 0.265 e. The minimum absolute atomic E-state index is 0.248. The summed E-state index contributed by atoms with van der Waals surface area (Å²) in [6.45, 7) is 2.50. The Hall–Kier alpha value is -1.50. The Morgan fingerprint density at radius 2 is 2.18 bits per heavy atom. The van der Waals surface area contributed by atoms with Gasteiger partial charge >= 0.3 is 0 Å². The van der Waals surface area contributed by atoms with Crippen molar-refractivity contribution in [2.75, 3.05) is 23.7 Å². The summed E-state index contributed by atoms with van der Waals surface area (Å²) in [7, 11) is 0. The van der Waals surface area contributed by atoms with E-state index in [0.29, 0.717) is 11.8 Å². The van der Waals surface area contributed by atoms with Crippen LogP contribution in [-0.2, 0) is 0 Å². The normalized spacial score (nSPS) is 12.5. The van der Waals surface area contributed by atoms with E-state index in [1.807, 2.05) is 6.92 Å². The fraction of sp³-hybridized carbons (Fsp3) is 0.600. The van der Waals surface area contributed by atoms with Gasteiger partial charge in [0.1, 0.15) is 11.9 Å². The van der Waals surface area contributed by atoms with Gasteiger partial charge in [-0.15, -0.1) is 0 Å². The molecule has 0 saturated heterocycles. The predicted molar refractivity (Wildman–Crippen MR) is 61.3 cm³/mol. The first-order valence-corrected chi connectivity index (χ1v) is 5.40. The van der Waals surface area contributed by atoms with Crippen molar-refractivity contribution in [2.45, 2.75) is 25.9 Å². The van der Waals surface area contributed by atoms with Crippen LogP contribution in [0.5, 0.6) is 0 Å². The molecule has 1 aromatic heterocycles. The minimum atomic E-state index is -2.76. The molecule has 0 aliphatic rings. The van der Waals surface area contributed by atoms with E-state index in [4.69, 9.17) is 5.11 Å². The lowest BCUT2D eigenvalue weighted by molar-refractivity contribution is 0.00381. The lowest BCUT2D eigenvalue weighted by Gasteiger charge is -2.11. The molecular weight excluding hydrogens is 230 g/mol. The lowest BCUT2D eigenvalue weighted by Crippen LogP contribution is -2.27. The van der Waals surface area contributed by atoms with Gasteiger partial charge in [-0.1, -0.05) is 6.92 Å². The molecule has 0 aromatic carbocycles. The van der Waals surface area contributed by atoms with Crippen LogP contribution in [0.3, 0.4) is 0 Å². The summed E-state index contributed by atoms with van der Waals surface area (Å²) in [6.07, 6.45) is -2.01. The van der Waals surface area contributed by atoms with Gasteiger partial charge in [0.2, 0.25) is 5.95 Å². The van der Waals surface area contributed by atoms with Crippen LogP contribution in [0.2, 0.25) is 0 Å². The number of nitrogens with zero attached hydrogens (tertiary/aromatic N) is 2. The number of hydrogen-bond donors (Lipinski definition) is 3. The molecule has 0 aliphatic carbocycles. The Bertz CT molecular complexity index is 338. The highest BCUT2D eigenvalue weighted by Gasteiger charge is 2.16. The Balaban J connectivity index is 2.48. The monoisotopic (exact) mass is 246 g/mol. The molecule has 0 amide bonds. The van der Waals surface area contributed by atoms with E-state index in [2.05, 4.69) is 20.6 Å². The zero-order valence-corrected chi connectivity index (χ0v) is 9.53. The molecule has 0 saturated carbocycles. The summed E-state index contributed by atoms with van der Waals surface area (Å²) in [5.74, 6) is 0.835. The van der Waals surface area contributed by atoms with Crippen LogP contribution in [-0.4, -0.2) is 40.7 Å². The van der Waals surface area contributed by atoms with Gasteiger partial charge in [0, 0.05) is 19.3 Å². The van der Waals surface area contributed by atoms with E-state index < -0.39 is 12.5 Å². The summed E-state index contributed by atoms with van der Waals surface area (Å²) >= 11 is 0. The van der Waals surface area contributed by atoms with Crippen LogP contribution < -0.4 is 10.6 Å². The predicted octanol–water partition coefficient (Wildman–Crippen LogP) is 1.34. The number of aliphatic hydroxyl groups is 1. The molecule has 0 aliphatic heterocycles. The van der Waals surface area contributed by atoms with Gasteiger partial charge in [-0.2, -0.15) is 4.98 Å². The molecule has 96 valence electrons. The highest BCUT2D eigenvalue weighted by molar-refractivity contribution is 5.39. The molecule has 0 bridgehead atoms. The van der Waals surface area contributed by atoms with Crippen LogP contribution >= 0.6 is 0 Å². The van der Waals surface area contributed by atoms with E-state index in [1.165, 1.54) is 6.20 Å². The molecule has 1 aromatic rings. The van der Waals surface area contributed by atoms with Gasteiger partial charge in [0.15, 0.2) is 0 Å². The van der Waals surface area contributed by atoms with Crippen LogP contribution in [0.1, 0.15) is 13.3 Å². The lowest BCUT2D eigenvalue weighted by atomic mass is 10.3. The molecule has 5 nitrogen and oxygen atoms in total. The van der Waals surface area contributed by atoms with Gasteiger partial charge < -0.3 is 15.7 Å². The number of halogens is 2. The first-order chi connectivity index (χ1) is 8.13. The average Bonchev–Trinajstić information content (AvgIpc) is 2.33. The molecule has 1 unspecified atom stereocenters. The van der Waals surface area contributed by atoms with Crippen molar-refractivity contribution in [3.8, 4) is 0 Å². The van der Waals surface area contributed by atoms with E-state index in [1.54, 1.807) is 6.07 Å². The molecule has 17 heavy (non-hydrogen) atoms. The molecule has 0 spiro atoms. The number of hydrogen-bond acceptors (Lipinski definition) is 5. The fourth-order valence-corrected chi connectivity index (χ4v) is 1.08. The van der Waals surface area contributed by atoms with Crippen LogP contribution in [0.4, 0.5) is 20.5 Å². The Kier molecular flexibility index (Phi) is 5.55. The van der Waals surface area contributed by atoms with E-state index in [0.717, 1.165) is 13.0 Å². The van der Waals surface area contributed by atoms with E-state index >= 15 is 0 Å². The molecular formula is C10H16F2N4O. The maximum atomic E-state index is 12.0. The highest BCUT2D eigenvalue weighted by atomic mass is 19.3. The molecule has 1 heterocycles. The molecule has 3 N–H and O–H groups in total. The van der Waals surface area contributed by atoms with Crippen molar-refractivity contribution in [1.82, 2.24) is 9.97 Å². The SMILES string of the molecule is CCCNc1nccc(NCC(O)C(F)F)n1. The van der Waals surface area contributed by atoms with Crippen molar-refractivity contribution in [2.24, 2.45) is 0 Å². The smallest absolute Gasteiger partial charge is 0.265 e.